The van der Waals surface area contributed by atoms with Crippen LogP contribution < -0.4 is 0 Å². The van der Waals surface area contributed by atoms with Gasteiger partial charge in [0.1, 0.15) is 0 Å². The lowest BCUT2D eigenvalue weighted by molar-refractivity contribution is 0.00679. The second-order valence-corrected chi connectivity index (χ2v) is 10.9. The number of nitrogens with zero attached hydrogens (tertiary/aromatic N) is 2. The fraction of sp³-hybridized carbons (Fsp3) is 0.333. The number of hydrogen-bond donors (Lipinski definition) is 1. The summed E-state index contributed by atoms with van der Waals surface area (Å²) < 4.78 is 8.13. The van der Waals surface area contributed by atoms with Crippen LogP contribution in [0.3, 0.4) is 0 Å². The molecule has 0 saturated carbocycles. The highest BCUT2D eigenvalue weighted by Crippen LogP contribution is 2.23. The van der Waals surface area contributed by atoms with Crippen molar-refractivity contribution in [1.82, 2.24) is 9.47 Å². The standard InChI is InChI=1S/C33H40N2O2/c1-33(2,3)30-18-16-28(17-19-30)22-35-20-10-15-31(35)23-34(21-27-11-6-4-7-12-27)24-32(36)26-37-25-29-13-8-5-9-14-29/h4-20,32,36H,21-26H2,1-3H3. The summed E-state index contributed by atoms with van der Waals surface area (Å²) in [5, 5.41) is 10.8. The highest BCUT2D eigenvalue weighted by molar-refractivity contribution is 5.28. The van der Waals surface area contributed by atoms with Crippen LogP contribution in [0.25, 0.3) is 0 Å². The molecule has 1 atom stereocenters. The number of benzene rings is 3. The smallest absolute Gasteiger partial charge is 0.0900 e. The molecule has 1 unspecified atom stereocenters. The maximum atomic E-state index is 10.8. The average Bonchev–Trinajstić information content (AvgIpc) is 3.31. The van der Waals surface area contributed by atoms with E-state index in [1.54, 1.807) is 0 Å². The van der Waals surface area contributed by atoms with Crippen molar-refractivity contribution in [2.24, 2.45) is 0 Å². The normalized spacial score (nSPS) is 12.7. The van der Waals surface area contributed by atoms with Crippen molar-refractivity contribution in [2.45, 2.75) is 58.5 Å². The predicted octanol–water partition coefficient (Wildman–Crippen LogP) is 6.41. The fourth-order valence-corrected chi connectivity index (χ4v) is 4.55. The summed E-state index contributed by atoms with van der Waals surface area (Å²) in [6.07, 6.45) is 1.58. The van der Waals surface area contributed by atoms with Crippen molar-refractivity contribution in [1.29, 1.82) is 0 Å². The Kier molecular flexibility index (Phi) is 9.34. The Bertz CT molecular complexity index is 1190. The van der Waals surface area contributed by atoms with E-state index in [4.69, 9.17) is 4.74 Å². The van der Waals surface area contributed by atoms with Gasteiger partial charge in [-0.1, -0.05) is 106 Å². The lowest BCUT2D eigenvalue weighted by Crippen LogP contribution is -2.34. The summed E-state index contributed by atoms with van der Waals surface area (Å²) in [4.78, 5) is 2.31. The van der Waals surface area contributed by atoms with E-state index in [0.29, 0.717) is 19.8 Å². The molecule has 4 nitrogen and oxygen atoms in total. The Morgan fingerprint density at radius 3 is 2.05 bits per heavy atom. The van der Waals surface area contributed by atoms with Crippen LogP contribution in [0.5, 0.6) is 0 Å². The minimum Gasteiger partial charge on any atom is -0.389 e. The first-order valence-electron chi connectivity index (χ1n) is 13.2. The zero-order valence-electron chi connectivity index (χ0n) is 22.4. The van der Waals surface area contributed by atoms with Gasteiger partial charge in [0.05, 0.1) is 19.3 Å². The van der Waals surface area contributed by atoms with Crippen LogP contribution >= 0.6 is 0 Å². The Morgan fingerprint density at radius 2 is 1.41 bits per heavy atom. The van der Waals surface area contributed by atoms with E-state index in [1.807, 2.05) is 36.4 Å². The van der Waals surface area contributed by atoms with E-state index < -0.39 is 6.10 Å². The molecule has 37 heavy (non-hydrogen) atoms. The van der Waals surface area contributed by atoms with E-state index >= 15 is 0 Å². The molecule has 194 valence electrons. The Balaban J connectivity index is 1.40. The summed E-state index contributed by atoms with van der Waals surface area (Å²) in [6, 6.07) is 33.8. The molecule has 1 aromatic heterocycles. The molecule has 0 amide bonds. The SMILES string of the molecule is CC(C)(C)c1ccc(Cn2cccc2CN(Cc2ccccc2)CC(O)COCc2ccccc2)cc1. The van der Waals surface area contributed by atoms with E-state index in [-0.39, 0.29) is 5.41 Å². The van der Waals surface area contributed by atoms with Crippen molar-refractivity contribution >= 4 is 0 Å². The number of rotatable bonds is 12. The monoisotopic (exact) mass is 496 g/mol. The predicted molar refractivity (Wildman–Crippen MR) is 151 cm³/mol. The maximum absolute atomic E-state index is 10.8. The second kappa shape index (κ2) is 12.9. The highest BCUT2D eigenvalue weighted by atomic mass is 16.5. The summed E-state index contributed by atoms with van der Waals surface area (Å²) in [5.41, 5.74) is 6.37. The van der Waals surface area contributed by atoms with E-state index in [9.17, 15) is 5.11 Å². The van der Waals surface area contributed by atoms with Crippen LogP contribution in [0, 0.1) is 0 Å². The zero-order chi connectivity index (χ0) is 26.1. The number of ether oxygens (including phenoxy) is 1. The molecule has 0 aliphatic heterocycles. The van der Waals surface area contributed by atoms with Gasteiger partial charge in [-0.2, -0.15) is 0 Å². The number of hydrogen-bond acceptors (Lipinski definition) is 3. The van der Waals surface area contributed by atoms with Crippen molar-refractivity contribution in [3.05, 3.63) is 131 Å². The van der Waals surface area contributed by atoms with Gasteiger partial charge in [-0.05, 0) is 39.8 Å². The first kappa shape index (κ1) is 26.9. The molecule has 1 heterocycles. The minimum atomic E-state index is -0.569. The second-order valence-electron chi connectivity index (χ2n) is 10.9. The third kappa shape index (κ3) is 8.43. The van der Waals surface area contributed by atoms with Gasteiger partial charge >= 0.3 is 0 Å². The molecule has 0 fully saturated rings. The molecule has 3 aromatic carbocycles. The van der Waals surface area contributed by atoms with Gasteiger partial charge in [0.25, 0.3) is 0 Å². The maximum Gasteiger partial charge on any atom is 0.0900 e. The number of aliphatic hydroxyl groups is 1. The molecule has 4 aromatic rings. The quantitative estimate of drug-likeness (QED) is 0.246. The molecule has 4 rings (SSSR count). The Labute approximate surface area is 222 Å². The highest BCUT2D eigenvalue weighted by Gasteiger charge is 2.16. The molecule has 0 spiro atoms. The molecule has 0 bridgehead atoms. The molecule has 4 heteroatoms. The largest absolute Gasteiger partial charge is 0.389 e. The molecule has 0 aliphatic carbocycles. The minimum absolute atomic E-state index is 0.153. The first-order valence-corrected chi connectivity index (χ1v) is 13.2. The molecular weight excluding hydrogens is 456 g/mol. The summed E-state index contributed by atoms with van der Waals surface area (Å²) in [5.74, 6) is 0. The topological polar surface area (TPSA) is 37.6 Å². The molecule has 0 saturated heterocycles. The van der Waals surface area contributed by atoms with Gasteiger partial charge < -0.3 is 14.4 Å². The van der Waals surface area contributed by atoms with Gasteiger partial charge in [-0.25, -0.2) is 0 Å². The van der Waals surface area contributed by atoms with E-state index in [0.717, 1.165) is 25.2 Å². The van der Waals surface area contributed by atoms with Crippen LogP contribution in [0.15, 0.2) is 103 Å². The Morgan fingerprint density at radius 1 is 0.757 bits per heavy atom. The van der Waals surface area contributed by atoms with E-state index in [2.05, 4.69) is 97.1 Å². The number of aliphatic hydroxyl groups excluding tert-OH is 1. The summed E-state index contributed by atoms with van der Waals surface area (Å²) >= 11 is 0. The van der Waals surface area contributed by atoms with Crippen molar-refractivity contribution < 1.29 is 9.84 Å². The van der Waals surface area contributed by atoms with Gasteiger partial charge in [0.15, 0.2) is 0 Å². The van der Waals surface area contributed by atoms with Crippen molar-refractivity contribution in [3.8, 4) is 0 Å². The summed E-state index contributed by atoms with van der Waals surface area (Å²) in [6.45, 7) is 10.4. The van der Waals surface area contributed by atoms with Gasteiger partial charge in [-0.3, -0.25) is 4.90 Å². The molecule has 0 aliphatic rings. The van der Waals surface area contributed by atoms with Crippen LogP contribution in [0.4, 0.5) is 0 Å². The zero-order valence-corrected chi connectivity index (χ0v) is 22.4. The lowest BCUT2D eigenvalue weighted by atomic mass is 9.87. The van der Waals surface area contributed by atoms with Crippen LogP contribution in [-0.2, 0) is 36.4 Å². The fourth-order valence-electron chi connectivity index (χ4n) is 4.55. The van der Waals surface area contributed by atoms with Crippen molar-refractivity contribution in [2.75, 3.05) is 13.2 Å². The average molecular weight is 497 g/mol. The van der Waals surface area contributed by atoms with Gasteiger partial charge in [0.2, 0.25) is 0 Å². The molecular formula is C33H40N2O2. The van der Waals surface area contributed by atoms with Gasteiger partial charge in [0, 0.05) is 38.1 Å². The van der Waals surface area contributed by atoms with Crippen LogP contribution in [0.2, 0.25) is 0 Å². The van der Waals surface area contributed by atoms with E-state index in [1.165, 1.54) is 22.4 Å². The lowest BCUT2D eigenvalue weighted by Gasteiger charge is -2.26. The third-order valence-electron chi connectivity index (χ3n) is 6.62. The van der Waals surface area contributed by atoms with Crippen LogP contribution in [0.1, 0.15) is 48.7 Å². The summed E-state index contributed by atoms with van der Waals surface area (Å²) in [7, 11) is 0. The molecule has 1 N–H and O–H groups in total. The Hall–Kier alpha value is -3.18. The number of aromatic nitrogens is 1. The van der Waals surface area contributed by atoms with Crippen molar-refractivity contribution in [3.63, 3.8) is 0 Å². The third-order valence-corrected chi connectivity index (χ3v) is 6.62. The van der Waals surface area contributed by atoms with Gasteiger partial charge in [-0.15, -0.1) is 0 Å². The first-order chi connectivity index (χ1) is 17.9. The van der Waals surface area contributed by atoms with Crippen LogP contribution in [-0.4, -0.2) is 33.8 Å². The molecule has 0 radical (unpaired) electrons.